The number of aliphatic hydroxyl groups is 1. The molecule has 1 aliphatic rings. The normalized spacial score (nSPS) is 17.4. The fourth-order valence-electron chi connectivity index (χ4n) is 1.98. The van der Waals surface area contributed by atoms with E-state index in [0.29, 0.717) is 16.2 Å². The highest BCUT2D eigenvalue weighted by molar-refractivity contribution is 7.90. The first kappa shape index (κ1) is 11.8. The number of fused-ring (bicyclic) bond motifs is 1. The van der Waals surface area contributed by atoms with Gasteiger partial charge in [-0.15, -0.1) is 0 Å². The van der Waals surface area contributed by atoms with E-state index < -0.39 is 10.8 Å². The smallest absolute Gasteiger partial charge is 0.142 e. The van der Waals surface area contributed by atoms with Gasteiger partial charge >= 0.3 is 0 Å². The minimum absolute atomic E-state index is 0.00682. The van der Waals surface area contributed by atoms with E-state index in [1.165, 1.54) is 0 Å². The van der Waals surface area contributed by atoms with Crippen molar-refractivity contribution in [2.75, 3.05) is 0 Å². The van der Waals surface area contributed by atoms with E-state index in [1.807, 2.05) is 0 Å². The quantitative estimate of drug-likeness (QED) is 0.823. The predicted octanol–water partition coefficient (Wildman–Crippen LogP) is 2.50. The first-order valence-electron chi connectivity index (χ1n) is 5.65. The van der Waals surface area contributed by atoms with Crippen molar-refractivity contribution in [3.63, 3.8) is 0 Å². The molecule has 2 heterocycles. The Bertz CT molecular complexity index is 723. The summed E-state index contributed by atoms with van der Waals surface area (Å²) in [6.45, 7) is 0. The van der Waals surface area contributed by atoms with Gasteiger partial charge in [0.25, 0.3) is 0 Å². The second kappa shape index (κ2) is 4.44. The maximum Gasteiger partial charge on any atom is 0.142 e. The minimum Gasteiger partial charge on any atom is -0.506 e. The number of nitrogens with zero attached hydrogens (tertiary/aromatic N) is 1. The molecule has 0 saturated heterocycles. The molecule has 1 aromatic carbocycles. The molecule has 0 spiro atoms. The predicted molar refractivity (Wildman–Crippen MR) is 73.5 cm³/mol. The van der Waals surface area contributed by atoms with Crippen LogP contribution in [0.2, 0.25) is 0 Å². The summed E-state index contributed by atoms with van der Waals surface area (Å²) in [7, 11) is -1.53. The molecule has 0 aliphatic carbocycles. The number of rotatable bonds is 2. The molecular formula is C14H10N2O2S. The monoisotopic (exact) mass is 270 g/mol. The van der Waals surface area contributed by atoms with Crippen molar-refractivity contribution in [1.82, 2.24) is 4.98 Å². The van der Waals surface area contributed by atoms with Gasteiger partial charge in [0.1, 0.15) is 10.7 Å². The van der Waals surface area contributed by atoms with Gasteiger partial charge in [-0.2, -0.15) is 0 Å². The fourth-order valence-corrected chi connectivity index (χ4v) is 3.34. The summed E-state index contributed by atoms with van der Waals surface area (Å²) in [6, 6.07) is 12.1. The van der Waals surface area contributed by atoms with Gasteiger partial charge in [-0.25, -0.2) is 4.21 Å². The van der Waals surface area contributed by atoms with Gasteiger partial charge in [0, 0.05) is 11.8 Å². The summed E-state index contributed by atoms with van der Waals surface area (Å²) < 4.78 is 12.3. The molecule has 2 N–H and O–H groups in total. The van der Waals surface area contributed by atoms with Gasteiger partial charge in [-0.3, -0.25) is 10.4 Å². The number of hydrogen-bond donors (Lipinski definition) is 2. The van der Waals surface area contributed by atoms with Gasteiger partial charge < -0.3 is 5.11 Å². The van der Waals surface area contributed by atoms with E-state index in [2.05, 4.69) is 4.98 Å². The average molecular weight is 270 g/mol. The van der Waals surface area contributed by atoms with Crippen LogP contribution in [0, 0.1) is 5.41 Å². The van der Waals surface area contributed by atoms with E-state index in [-0.39, 0.29) is 16.4 Å². The second-order valence-electron chi connectivity index (χ2n) is 4.03. The Morgan fingerprint density at radius 2 is 1.89 bits per heavy atom. The summed E-state index contributed by atoms with van der Waals surface area (Å²) >= 11 is 0. The highest BCUT2D eigenvalue weighted by Crippen LogP contribution is 2.35. The number of benzene rings is 1. The number of pyridine rings is 1. The number of aliphatic hydroxyl groups excluding tert-OH is 1. The summed E-state index contributed by atoms with van der Waals surface area (Å²) in [4.78, 5) is 4.71. The Kier molecular flexibility index (Phi) is 2.76. The van der Waals surface area contributed by atoms with Crippen molar-refractivity contribution in [3.05, 3.63) is 64.8 Å². The third-order valence-corrected chi connectivity index (χ3v) is 4.41. The van der Waals surface area contributed by atoms with Crippen LogP contribution in [-0.2, 0) is 10.8 Å². The lowest BCUT2D eigenvalue weighted by atomic mass is 10.1. The van der Waals surface area contributed by atoms with Crippen molar-refractivity contribution >= 4 is 22.3 Å². The first-order chi connectivity index (χ1) is 9.20. The van der Waals surface area contributed by atoms with Crippen molar-refractivity contribution in [2.24, 2.45) is 0 Å². The largest absolute Gasteiger partial charge is 0.506 e. The highest BCUT2D eigenvalue weighted by atomic mass is 32.2. The van der Waals surface area contributed by atoms with Crippen molar-refractivity contribution in [3.8, 4) is 0 Å². The Morgan fingerprint density at radius 1 is 1.16 bits per heavy atom. The molecule has 1 aliphatic heterocycles. The maximum atomic E-state index is 12.3. The van der Waals surface area contributed by atoms with Crippen molar-refractivity contribution in [1.29, 1.82) is 5.41 Å². The van der Waals surface area contributed by atoms with Crippen LogP contribution < -0.4 is 0 Å². The summed E-state index contributed by atoms with van der Waals surface area (Å²) in [5.74, 6) is -0.0930. The van der Waals surface area contributed by atoms with E-state index >= 15 is 0 Å². The summed E-state index contributed by atoms with van der Waals surface area (Å²) in [6.07, 6.45) is 1.56. The average Bonchev–Trinajstić information content (AvgIpc) is 2.72. The molecule has 1 unspecified atom stereocenters. The van der Waals surface area contributed by atoms with E-state index in [4.69, 9.17) is 5.41 Å². The zero-order chi connectivity index (χ0) is 13.4. The van der Waals surface area contributed by atoms with Crippen LogP contribution in [0.15, 0.2) is 58.5 Å². The van der Waals surface area contributed by atoms with Crippen LogP contribution in [0.4, 0.5) is 0 Å². The molecule has 4 nitrogen and oxygen atoms in total. The second-order valence-corrected chi connectivity index (χ2v) is 5.42. The SMILES string of the molecule is N=C(C1=C(O)c2ccccc2S1=O)c1ccccn1. The van der Waals surface area contributed by atoms with Crippen LogP contribution in [0.1, 0.15) is 11.3 Å². The molecule has 0 radical (unpaired) electrons. The zero-order valence-electron chi connectivity index (χ0n) is 9.83. The lowest BCUT2D eigenvalue weighted by Crippen LogP contribution is -2.09. The van der Waals surface area contributed by atoms with Crippen LogP contribution in [0.5, 0.6) is 0 Å². The number of hydrogen-bond acceptors (Lipinski definition) is 4. The molecule has 19 heavy (non-hydrogen) atoms. The van der Waals surface area contributed by atoms with Crippen LogP contribution >= 0.6 is 0 Å². The molecular weight excluding hydrogens is 260 g/mol. The summed E-state index contributed by atoms with van der Waals surface area (Å²) in [5.41, 5.74) is 0.911. The molecule has 2 aromatic rings. The molecule has 94 valence electrons. The third kappa shape index (κ3) is 1.79. The molecule has 0 saturated carbocycles. The Balaban J connectivity index is 2.11. The maximum absolute atomic E-state index is 12.3. The fraction of sp³-hybridized carbons (Fsp3) is 0. The van der Waals surface area contributed by atoms with E-state index in [1.54, 1.807) is 48.7 Å². The van der Waals surface area contributed by atoms with Crippen LogP contribution in [0.3, 0.4) is 0 Å². The zero-order valence-corrected chi connectivity index (χ0v) is 10.6. The summed E-state index contributed by atoms with van der Waals surface area (Å²) in [5, 5.41) is 18.3. The molecule has 0 bridgehead atoms. The van der Waals surface area contributed by atoms with Gasteiger partial charge in [0.15, 0.2) is 0 Å². The molecule has 1 aromatic heterocycles. The minimum atomic E-state index is -1.53. The Morgan fingerprint density at radius 3 is 2.58 bits per heavy atom. The van der Waals surface area contributed by atoms with Crippen LogP contribution in [0.25, 0.3) is 5.76 Å². The van der Waals surface area contributed by atoms with Gasteiger partial charge in [-0.05, 0) is 24.3 Å². The number of nitrogens with one attached hydrogen (secondary N) is 1. The number of aromatic nitrogens is 1. The topological polar surface area (TPSA) is 74.0 Å². The molecule has 1 atom stereocenters. The highest BCUT2D eigenvalue weighted by Gasteiger charge is 2.31. The van der Waals surface area contributed by atoms with Gasteiger partial charge in [0.2, 0.25) is 0 Å². The number of allylic oxidation sites excluding steroid dienone is 1. The lowest BCUT2D eigenvalue weighted by Gasteiger charge is -2.03. The standard InChI is InChI=1S/C14H10N2O2S/c15-12(10-6-3-4-8-16-10)14-13(17)9-5-1-2-7-11(9)19(14)18/h1-8,15,17H. The van der Waals surface area contributed by atoms with E-state index in [9.17, 15) is 9.32 Å². The third-order valence-electron chi connectivity index (χ3n) is 2.89. The lowest BCUT2D eigenvalue weighted by molar-refractivity contribution is 0.511. The van der Waals surface area contributed by atoms with Crippen molar-refractivity contribution < 1.29 is 9.32 Å². The van der Waals surface area contributed by atoms with Gasteiger partial charge in [-0.1, -0.05) is 18.2 Å². The molecule has 5 heteroatoms. The molecule has 0 amide bonds. The van der Waals surface area contributed by atoms with Crippen molar-refractivity contribution in [2.45, 2.75) is 4.90 Å². The molecule has 0 fully saturated rings. The molecule has 3 rings (SSSR count). The van der Waals surface area contributed by atoms with E-state index in [0.717, 1.165) is 0 Å². The Hall–Kier alpha value is -2.27. The Labute approximate surface area is 112 Å². The van der Waals surface area contributed by atoms with Gasteiger partial charge in [0.05, 0.1) is 27.1 Å². The van der Waals surface area contributed by atoms with Crippen LogP contribution in [-0.4, -0.2) is 20.0 Å². The first-order valence-corrected chi connectivity index (χ1v) is 6.80.